The summed E-state index contributed by atoms with van der Waals surface area (Å²) in [6.45, 7) is 0. The number of benzene rings is 2. The van der Waals surface area contributed by atoms with E-state index in [4.69, 9.17) is 0 Å². The number of hydrogen-bond donors (Lipinski definition) is 3. The van der Waals surface area contributed by atoms with Crippen molar-refractivity contribution < 1.29 is 20.3 Å². The quantitative estimate of drug-likeness (QED) is 0.738. The second kappa shape index (κ2) is 6.23. The lowest BCUT2D eigenvalue weighted by molar-refractivity contribution is -0.397. The molecule has 0 saturated heterocycles. The Morgan fingerprint density at radius 3 is 2.25 bits per heavy atom. The Hall–Kier alpha value is -1.61. The fraction of sp³-hybridized carbons (Fsp3) is 0.200. The molecule has 0 aromatic heterocycles. The summed E-state index contributed by atoms with van der Waals surface area (Å²) in [6, 6.07) is 15.9. The second-order valence-electron chi connectivity index (χ2n) is 4.82. The van der Waals surface area contributed by atoms with Gasteiger partial charge in [-0.3, -0.25) is 4.57 Å². The molecule has 5 heteroatoms. The molecular weight excluding hydrogens is 273 g/mol. The van der Waals surface area contributed by atoms with Gasteiger partial charge in [0.2, 0.25) is 0 Å². The minimum absolute atomic E-state index is 0.137. The molecule has 0 aliphatic rings. The average Bonchev–Trinajstić information content (AvgIpc) is 2.46. The highest BCUT2D eigenvalue weighted by Gasteiger charge is 2.32. The highest BCUT2D eigenvalue weighted by atomic mass is 31.2. The molecule has 20 heavy (non-hydrogen) atoms. The molecule has 0 bridgehead atoms. The van der Waals surface area contributed by atoms with Crippen molar-refractivity contribution in [2.45, 2.75) is 12.2 Å². The van der Waals surface area contributed by atoms with E-state index in [0.717, 1.165) is 5.56 Å². The van der Waals surface area contributed by atoms with E-state index >= 15 is 0 Å². The lowest BCUT2D eigenvalue weighted by atomic mass is 10.2. The maximum absolute atomic E-state index is 12.4. The fourth-order valence-corrected chi connectivity index (χ4v) is 3.55. The fourth-order valence-electron chi connectivity index (χ4n) is 2.02. The molecule has 0 aliphatic carbocycles. The van der Waals surface area contributed by atoms with Crippen molar-refractivity contribution in [1.29, 1.82) is 0 Å². The van der Waals surface area contributed by atoms with Crippen LogP contribution in [0.15, 0.2) is 54.6 Å². The van der Waals surface area contributed by atoms with Crippen LogP contribution in [0.1, 0.15) is 16.9 Å². The molecule has 2 aromatic rings. The molecule has 2 atom stereocenters. The normalized spacial score (nSPS) is 15.5. The zero-order valence-corrected chi connectivity index (χ0v) is 12.0. The summed E-state index contributed by atoms with van der Waals surface area (Å²) in [4.78, 5) is 10.2. The lowest BCUT2D eigenvalue weighted by Crippen LogP contribution is -2.53. The van der Waals surface area contributed by atoms with Gasteiger partial charge in [-0.2, -0.15) is 0 Å². The van der Waals surface area contributed by atoms with Crippen LogP contribution in [0.5, 0.6) is 5.75 Å². The van der Waals surface area contributed by atoms with Crippen LogP contribution >= 0.6 is 7.37 Å². The van der Waals surface area contributed by atoms with Gasteiger partial charge in [0.1, 0.15) is 5.75 Å². The molecular formula is C15H19NO3P+. The van der Waals surface area contributed by atoms with E-state index in [2.05, 4.69) is 5.73 Å². The monoisotopic (exact) mass is 292 g/mol. The first-order valence-corrected chi connectivity index (χ1v) is 8.38. The maximum Gasteiger partial charge on any atom is 0.261 e. The molecule has 0 spiro atoms. The SMILES string of the molecule is [NH3+][C@H](c1ccc(O)cc1)P(=O)(O)CCc1ccccc1. The Balaban J connectivity index is 2.06. The zero-order valence-electron chi connectivity index (χ0n) is 11.1. The Morgan fingerprint density at radius 2 is 1.65 bits per heavy atom. The van der Waals surface area contributed by atoms with Crippen LogP contribution < -0.4 is 5.73 Å². The molecule has 2 aromatic carbocycles. The van der Waals surface area contributed by atoms with Crippen LogP contribution in [0.4, 0.5) is 0 Å². The van der Waals surface area contributed by atoms with Gasteiger partial charge in [0.15, 0.2) is 5.78 Å². The first kappa shape index (κ1) is 14.8. The largest absolute Gasteiger partial charge is 0.508 e. The Kier molecular flexibility index (Phi) is 4.61. The van der Waals surface area contributed by atoms with Gasteiger partial charge in [0.25, 0.3) is 7.37 Å². The van der Waals surface area contributed by atoms with E-state index in [1.165, 1.54) is 12.1 Å². The van der Waals surface area contributed by atoms with Crippen LogP contribution in [0.25, 0.3) is 0 Å². The molecule has 5 N–H and O–H groups in total. The number of hydrogen-bond acceptors (Lipinski definition) is 2. The van der Waals surface area contributed by atoms with Gasteiger partial charge in [0, 0.05) is 11.7 Å². The second-order valence-corrected chi connectivity index (χ2v) is 7.40. The number of aromatic hydroxyl groups is 1. The minimum atomic E-state index is -3.38. The first-order chi connectivity index (χ1) is 9.49. The first-order valence-electron chi connectivity index (χ1n) is 6.46. The van der Waals surface area contributed by atoms with Crippen LogP contribution in [0.3, 0.4) is 0 Å². The third-order valence-electron chi connectivity index (χ3n) is 3.33. The third-order valence-corrected chi connectivity index (χ3v) is 5.47. The van der Waals surface area contributed by atoms with E-state index in [0.29, 0.717) is 12.0 Å². The molecule has 0 saturated carbocycles. The Morgan fingerprint density at radius 1 is 1.05 bits per heavy atom. The Labute approximate surface area is 118 Å². The molecule has 1 unspecified atom stereocenters. The maximum atomic E-state index is 12.4. The van der Waals surface area contributed by atoms with Crippen molar-refractivity contribution in [1.82, 2.24) is 0 Å². The van der Waals surface area contributed by atoms with Crippen LogP contribution in [-0.4, -0.2) is 16.2 Å². The summed E-state index contributed by atoms with van der Waals surface area (Å²) in [5.74, 6) is -0.537. The molecule has 4 nitrogen and oxygen atoms in total. The summed E-state index contributed by atoms with van der Waals surface area (Å²) in [5, 5.41) is 9.24. The molecule has 0 amide bonds. The molecule has 2 rings (SSSR count). The van der Waals surface area contributed by atoms with Gasteiger partial charge in [-0.25, -0.2) is 0 Å². The number of phenolic OH excluding ortho intramolecular Hbond substituents is 1. The van der Waals surface area contributed by atoms with Gasteiger partial charge in [-0.05, 0) is 36.2 Å². The van der Waals surface area contributed by atoms with Gasteiger partial charge < -0.3 is 15.7 Å². The zero-order chi connectivity index (χ0) is 14.6. The topological polar surface area (TPSA) is 85.2 Å². The summed E-state index contributed by atoms with van der Waals surface area (Å²) >= 11 is 0. The summed E-state index contributed by atoms with van der Waals surface area (Å²) in [5.41, 5.74) is 5.54. The molecule has 0 heterocycles. The average molecular weight is 292 g/mol. The summed E-state index contributed by atoms with van der Waals surface area (Å²) in [6.07, 6.45) is 0.755. The third kappa shape index (κ3) is 3.70. The summed E-state index contributed by atoms with van der Waals surface area (Å²) in [7, 11) is -3.38. The van der Waals surface area contributed by atoms with Crippen molar-refractivity contribution in [2.24, 2.45) is 0 Å². The van der Waals surface area contributed by atoms with Crippen molar-refractivity contribution in [3.8, 4) is 5.75 Å². The molecule has 0 fully saturated rings. The molecule has 106 valence electrons. The van der Waals surface area contributed by atoms with Crippen molar-refractivity contribution in [2.75, 3.05) is 6.16 Å². The van der Waals surface area contributed by atoms with Crippen LogP contribution in [0, 0.1) is 0 Å². The van der Waals surface area contributed by atoms with Crippen molar-refractivity contribution >= 4 is 7.37 Å². The van der Waals surface area contributed by atoms with E-state index in [9.17, 15) is 14.6 Å². The lowest BCUT2D eigenvalue weighted by Gasteiger charge is -2.16. The van der Waals surface area contributed by atoms with Crippen molar-refractivity contribution in [3.05, 3.63) is 65.7 Å². The smallest absolute Gasteiger partial charge is 0.261 e. The van der Waals surface area contributed by atoms with Gasteiger partial charge in [-0.15, -0.1) is 0 Å². The number of quaternary nitrogens is 1. The Bertz CT molecular complexity index is 598. The van der Waals surface area contributed by atoms with E-state index in [1.54, 1.807) is 12.1 Å². The highest BCUT2D eigenvalue weighted by molar-refractivity contribution is 7.58. The summed E-state index contributed by atoms with van der Waals surface area (Å²) < 4.78 is 12.4. The molecule has 0 radical (unpaired) electrons. The van der Waals surface area contributed by atoms with Crippen LogP contribution in [-0.2, 0) is 11.0 Å². The minimum Gasteiger partial charge on any atom is -0.508 e. The van der Waals surface area contributed by atoms with Gasteiger partial charge >= 0.3 is 0 Å². The number of phenols is 1. The highest BCUT2D eigenvalue weighted by Crippen LogP contribution is 2.51. The van der Waals surface area contributed by atoms with Gasteiger partial charge in [0.05, 0.1) is 0 Å². The van der Waals surface area contributed by atoms with Crippen molar-refractivity contribution in [3.63, 3.8) is 0 Å². The van der Waals surface area contributed by atoms with Crippen LogP contribution in [0.2, 0.25) is 0 Å². The standard InChI is InChI=1S/C15H18NO3P/c16-15(13-6-8-14(17)9-7-13)20(18,19)11-10-12-4-2-1-3-5-12/h1-9,15,17H,10-11,16H2,(H,18,19)/p+1/t15-/m0/s1. The predicted octanol–water partition coefficient (Wildman–Crippen LogP) is 2.15. The van der Waals surface area contributed by atoms with Gasteiger partial charge in [-0.1, -0.05) is 30.3 Å². The number of aryl methyl sites for hydroxylation is 1. The number of rotatable bonds is 5. The molecule has 0 aliphatic heterocycles. The van der Waals surface area contributed by atoms with E-state index < -0.39 is 13.2 Å². The predicted molar refractivity (Wildman–Crippen MR) is 78.6 cm³/mol. The van der Waals surface area contributed by atoms with E-state index in [1.807, 2.05) is 30.3 Å². The van der Waals surface area contributed by atoms with E-state index in [-0.39, 0.29) is 11.9 Å².